The Kier molecular flexibility index (Phi) is 7.66. The Morgan fingerprint density at radius 2 is 1.77 bits per heavy atom. The maximum atomic E-state index is 12.3. The van der Waals surface area contributed by atoms with E-state index >= 15 is 0 Å². The largest absolute Gasteiger partial charge is 0.494 e. The average Bonchev–Trinajstić information content (AvgIpc) is 3.08. The van der Waals surface area contributed by atoms with Gasteiger partial charge in [-0.2, -0.15) is 0 Å². The zero-order chi connectivity index (χ0) is 22.2. The molecule has 3 rings (SSSR count). The number of carbonyl (C=O) groups excluding carboxylic acids is 3. The van der Waals surface area contributed by atoms with Crippen molar-refractivity contribution in [1.82, 2.24) is 5.32 Å². The van der Waals surface area contributed by atoms with Gasteiger partial charge < -0.3 is 20.1 Å². The Morgan fingerprint density at radius 3 is 2.42 bits per heavy atom. The second kappa shape index (κ2) is 10.6. The van der Waals surface area contributed by atoms with E-state index in [2.05, 4.69) is 15.6 Å². The Balaban J connectivity index is 1.54. The first-order valence-electron chi connectivity index (χ1n) is 9.84. The molecule has 1 fully saturated rings. The zero-order valence-corrected chi connectivity index (χ0v) is 18.0. The molecule has 2 amide bonds. The molecule has 0 spiro atoms. The second-order valence-corrected chi connectivity index (χ2v) is 7.68. The summed E-state index contributed by atoms with van der Waals surface area (Å²) in [6.07, 6.45) is -0.00156. The number of rotatable bonds is 8. The topological polar surface area (TPSA) is 106 Å². The normalized spacial score (nSPS) is 16.6. The maximum absolute atomic E-state index is 12.3. The lowest BCUT2D eigenvalue weighted by molar-refractivity contribution is -0.122. The molecule has 0 unspecified atom stereocenters. The first kappa shape index (κ1) is 22.4. The van der Waals surface area contributed by atoms with E-state index in [4.69, 9.17) is 9.47 Å². The predicted octanol–water partition coefficient (Wildman–Crippen LogP) is 3.51. The highest BCUT2D eigenvalue weighted by atomic mass is 32.2. The van der Waals surface area contributed by atoms with Crippen LogP contribution in [0.3, 0.4) is 0 Å². The van der Waals surface area contributed by atoms with Crippen molar-refractivity contribution in [3.05, 3.63) is 54.1 Å². The predicted molar refractivity (Wildman–Crippen MR) is 120 cm³/mol. The van der Waals surface area contributed by atoms with Gasteiger partial charge in [0.25, 0.3) is 0 Å². The molecule has 1 aliphatic heterocycles. The van der Waals surface area contributed by atoms with Crippen LogP contribution in [0.25, 0.3) is 0 Å². The molecular weight excluding hydrogens is 418 g/mol. The fourth-order valence-electron chi connectivity index (χ4n) is 2.78. The lowest BCUT2D eigenvalue weighted by atomic mass is 10.2. The van der Waals surface area contributed by atoms with Crippen LogP contribution < -0.4 is 15.4 Å². The van der Waals surface area contributed by atoms with Crippen LogP contribution in [0.5, 0.6) is 5.75 Å². The molecule has 2 aromatic carbocycles. The lowest BCUT2D eigenvalue weighted by Crippen LogP contribution is -2.28. The summed E-state index contributed by atoms with van der Waals surface area (Å²) in [5, 5.41) is 5.32. The highest BCUT2D eigenvalue weighted by Crippen LogP contribution is 2.26. The van der Waals surface area contributed by atoms with Crippen molar-refractivity contribution in [2.75, 3.05) is 18.5 Å². The van der Waals surface area contributed by atoms with E-state index in [0.717, 1.165) is 5.75 Å². The number of amidine groups is 1. The van der Waals surface area contributed by atoms with E-state index in [1.165, 1.54) is 11.8 Å². The summed E-state index contributed by atoms with van der Waals surface area (Å²) < 4.78 is 10.3. The molecule has 1 aliphatic rings. The third kappa shape index (κ3) is 6.32. The van der Waals surface area contributed by atoms with Crippen LogP contribution in [0.15, 0.2) is 53.5 Å². The summed E-state index contributed by atoms with van der Waals surface area (Å²) in [6.45, 7) is 4.52. The molecule has 0 aromatic heterocycles. The van der Waals surface area contributed by atoms with E-state index < -0.39 is 11.2 Å². The number of aliphatic imine (C=N–C) groups is 1. The molecule has 31 heavy (non-hydrogen) atoms. The zero-order valence-electron chi connectivity index (χ0n) is 17.2. The summed E-state index contributed by atoms with van der Waals surface area (Å²) in [7, 11) is 0. The van der Waals surface area contributed by atoms with Crippen LogP contribution in [-0.4, -0.2) is 41.4 Å². The van der Waals surface area contributed by atoms with E-state index in [0.29, 0.717) is 35.3 Å². The minimum absolute atomic E-state index is 0.00156. The van der Waals surface area contributed by atoms with Gasteiger partial charge in [0.2, 0.25) is 11.8 Å². The number of benzene rings is 2. The van der Waals surface area contributed by atoms with Crippen LogP contribution in [0, 0.1) is 0 Å². The molecule has 2 aromatic rings. The van der Waals surface area contributed by atoms with Crippen molar-refractivity contribution in [1.29, 1.82) is 0 Å². The van der Waals surface area contributed by atoms with Crippen LogP contribution in [0.4, 0.5) is 11.4 Å². The SMILES string of the molecule is CCOC(=O)c1ccc(NC(=O)C[C@@H]2SC(=Nc3ccc(OCC)cc3)NC2=O)cc1. The number of hydrogen-bond donors (Lipinski definition) is 2. The number of nitrogens with zero attached hydrogens (tertiary/aromatic N) is 1. The quantitative estimate of drug-likeness (QED) is 0.607. The van der Waals surface area contributed by atoms with Crippen LogP contribution in [-0.2, 0) is 14.3 Å². The fourth-order valence-corrected chi connectivity index (χ4v) is 3.77. The van der Waals surface area contributed by atoms with Crippen molar-refractivity contribution in [3.63, 3.8) is 0 Å². The summed E-state index contributed by atoms with van der Waals surface area (Å²) >= 11 is 1.21. The van der Waals surface area contributed by atoms with Crippen molar-refractivity contribution >= 4 is 46.1 Å². The van der Waals surface area contributed by atoms with Crippen molar-refractivity contribution in [2.24, 2.45) is 4.99 Å². The van der Waals surface area contributed by atoms with Gasteiger partial charge in [0.15, 0.2) is 5.17 Å². The molecule has 0 aliphatic carbocycles. The number of anilines is 1. The molecule has 162 valence electrons. The number of ether oxygens (including phenoxy) is 2. The average molecular weight is 442 g/mol. The Bertz CT molecular complexity index is 974. The Morgan fingerprint density at radius 1 is 1.06 bits per heavy atom. The number of carbonyl (C=O) groups is 3. The minimum Gasteiger partial charge on any atom is -0.494 e. The third-order valence-corrected chi connectivity index (χ3v) is 5.29. The molecule has 9 heteroatoms. The number of hydrogen-bond acceptors (Lipinski definition) is 7. The van der Waals surface area contributed by atoms with E-state index in [1.54, 1.807) is 43.3 Å². The monoisotopic (exact) mass is 441 g/mol. The fraction of sp³-hybridized carbons (Fsp3) is 0.273. The Labute approximate surface area is 184 Å². The second-order valence-electron chi connectivity index (χ2n) is 6.49. The lowest BCUT2D eigenvalue weighted by Gasteiger charge is -2.08. The molecule has 0 radical (unpaired) electrons. The van der Waals surface area contributed by atoms with E-state index in [9.17, 15) is 14.4 Å². The van der Waals surface area contributed by atoms with Crippen LogP contribution in [0.1, 0.15) is 30.6 Å². The molecule has 0 saturated carbocycles. The number of amides is 2. The molecule has 1 heterocycles. The smallest absolute Gasteiger partial charge is 0.338 e. The van der Waals surface area contributed by atoms with Gasteiger partial charge in [-0.15, -0.1) is 0 Å². The maximum Gasteiger partial charge on any atom is 0.338 e. The summed E-state index contributed by atoms with van der Waals surface area (Å²) in [5.41, 5.74) is 1.61. The molecular formula is C22H23N3O5S. The van der Waals surface area contributed by atoms with Gasteiger partial charge in [0.1, 0.15) is 11.0 Å². The summed E-state index contributed by atoms with van der Waals surface area (Å²) in [4.78, 5) is 40.7. The van der Waals surface area contributed by atoms with E-state index in [-0.39, 0.29) is 18.2 Å². The van der Waals surface area contributed by atoms with Gasteiger partial charge >= 0.3 is 5.97 Å². The first-order valence-corrected chi connectivity index (χ1v) is 10.7. The highest BCUT2D eigenvalue weighted by molar-refractivity contribution is 8.15. The molecule has 2 N–H and O–H groups in total. The minimum atomic E-state index is -0.569. The van der Waals surface area contributed by atoms with Gasteiger partial charge in [-0.25, -0.2) is 9.79 Å². The van der Waals surface area contributed by atoms with Gasteiger partial charge in [0, 0.05) is 12.1 Å². The van der Waals surface area contributed by atoms with Crippen LogP contribution >= 0.6 is 11.8 Å². The molecule has 1 saturated heterocycles. The van der Waals surface area contributed by atoms with Crippen molar-refractivity contribution in [3.8, 4) is 5.75 Å². The number of thioether (sulfide) groups is 1. The van der Waals surface area contributed by atoms with Gasteiger partial charge in [-0.3, -0.25) is 9.59 Å². The van der Waals surface area contributed by atoms with Crippen LogP contribution in [0.2, 0.25) is 0 Å². The third-order valence-electron chi connectivity index (χ3n) is 4.21. The molecule has 8 nitrogen and oxygen atoms in total. The van der Waals surface area contributed by atoms with Crippen molar-refractivity contribution in [2.45, 2.75) is 25.5 Å². The summed E-state index contributed by atoms with van der Waals surface area (Å²) in [5.74, 6) is -0.237. The van der Waals surface area contributed by atoms with Gasteiger partial charge in [0.05, 0.1) is 24.5 Å². The Hall–Kier alpha value is -3.33. The van der Waals surface area contributed by atoms with Gasteiger partial charge in [-0.05, 0) is 62.4 Å². The van der Waals surface area contributed by atoms with Crippen molar-refractivity contribution < 1.29 is 23.9 Å². The van der Waals surface area contributed by atoms with Gasteiger partial charge in [-0.1, -0.05) is 11.8 Å². The first-order chi connectivity index (χ1) is 15.0. The number of nitrogens with one attached hydrogen (secondary N) is 2. The molecule has 1 atom stereocenters. The highest BCUT2D eigenvalue weighted by Gasteiger charge is 2.32. The van der Waals surface area contributed by atoms with E-state index in [1.807, 2.05) is 19.1 Å². The molecule has 0 bridgehead atoms. The standard InChI is InChI=1S/C22H23N3O5S/c1-3-29-17-11-9-16(10-12-17)24-22-25-20(27)18(31-22)13-19(26)23-15-7-5-14(6-8-15)21(28)30-4-2/h5-12,18H,3-4,13H2,1-2H3,(H,23,26)(H,24,25,27)/t18-/m0/s1. The number of esters is 1. The summed E-state index contributed by atoms with van der Waals surface area (Å²) in [6, 6.07) is 13.6.